The van der Waals surface area contributed by atoms with Crippen molar-refractivity contribution in [2.75, 3.05) is 0 Å². The Labute approximate surface area is 114 Å². The zero-order chi connectivity index (χ0) is 14.7. The Morgan fingerprint density at radius 3 is 1.53 bits per heavy atom. The molecule has 0 amide bonds. The summed E-state index contributed by atoms with van der Waals surface area (Å²) in [6.07, 6.45) is 9.14. The molecule has 0 aromatic heterocycles. The molecule has 0 saturated carbocycles. The van der Waals surface area contributed by atoms with Crippen LogP contribution < -0.4 is 0 Å². The third-order valence-corrected chi connectivity index (χ3v) is 3.35. The molecule has 0 atom stereocenters. The maximum Gasteiger partial charge on any atom is 0.347 e. The SMILES string of the molecule is CCCCCCCCCCCC(O)(C(=O)O)C(=O)O. The van der Waals surface area contributed by atoms with E-state index in [1.165, 1.54) is 32.1 Å². The quantitative estimate of drug-likeness (QED) is 0.376. The van der Waals surface area contributed by atoms with Gasteiger partial charge < -0.3 is 15.3 Å². The molecule has 0 unspecified atom stereocenters. The summed E-state index contributed by atoms with van der Waals surface area (Å²) in [6, 6.07) is 0. The number of carboxylic acids is 2. The zero-order valence-electron chi connectivity index (χ0n) is 11.7. The third kappa shape index (κ3) is 7.15. The second-order valence-electron chi connectivity index (χ2n) is 5.05. The second kappa shape index (κ2) is 9.78. The Bertz CT molecular complexity index is 261. The number of carbonyl (C=O) groups is 2. The van der Waals surface area contributed by atoms with Crippen molar-refractivity contribution in [2.45, 2.75) is 76.7 Å². The molecule has 0 aromatic carbocycles. The number of carboxylic acid groups (broad SMARTS) is 2. The summed E-state index contributed by atoms with van der Waals surface area (Å²) in [6.45, 7) is 2.17. The molecule has 0 bridgehead atoms. The molecule has 0 radical (unpaired) electrons. The molecule has 0 saturated heterocycles. The van der Waals surface area contributed by atoms with Gasteiger partial charge in [0.25, 0.3) is 5.60 Å². The standard InChI is InChI=1S/C14H26O5/c1-2-3-4-5-6-7-8-9-10-11-14(19,12(15)16)13(17)18/h19H,2-11H2,1H3,(H,15,16)(H,17,18). The third-order valence-electron chi connectivity index (χ3n) is 3.35. The fourth-order valence-electron chi connectivity index (χ4n) is 2.00. The molecule has 0 fully saturated rings. The molecule has 5 nitrogen and oxygen atoms in total. The van der Waals surface area contributed by atoms with Crippen LogP contribution in [0.15, 0.2) is 0 Å². The lowest BCUT2D eigenvalue weighted by molar-refractivity contribution is -0.176. The molecule has 5 heteroatoms. The summed E-state index contributed by atoms with van der Waals surface area (Å²) in [4.78, 5) is 21.4. The van der Waals surface area contributed by atoms with E-state index >= 15 is 0 Å². The van der Waals surface area contributed by atoms with Crippen LogP contribution in [0.3, 0.4) is 0 Å². The van der Waals surface area contributed by atoms with Gasteiger partial charge in [0.15, 0.2) is 0 Å². The topological polar surface area (TPSA) is 94.8 Å². The summed E-state index contributed by atoms with van der Waals surface area (Å²) >= 11 is 0. The fraction of sp³-hybridized carbons (Fsp3) is 0.857. The van der Waals surface area contributed by atoms with E-state index < -0.39 is 17.5 Å². The highest BCUT2D eigenvalue weighted by Gasteiger charge is 2.43. The molecule has 0 aliphatic rings. The van der Waals surface area contributed by atoms with E-state index in [0.29, 0.717) is 6.42 Å². The summed E-state index contributed by atoms with van der Waals surface area (Å²) < 4.78 is 0. The predicted molar refractivity (Wildman–Crippen MR) is 72.1 cm³/mol. The molecule has 0 aliphatic heterocycles. The Morgan fingerprint density at radius 1 is 0.789 bits per heavy atom. The van der Waals surface area contributed by atoms with E-state index in [4.69, 9.17) is 10.2 Å². The van der Waals surface area contributed by atoms with E-state index in [2.05, 4.69) is 6.92 Å². The Morgan fingerprint density at radius 2 is 1.16 bits per heavy atom. The maximum absolute atomic E-state index is 10.7. The van der Waals surface area contributed by atoms with Gasteiger partial charge in [-0.3, -0.25) is 0 Å². The van der Waals surface area contributed by atoms with E-state index in [1.54, 1.807) is 0 Å². The average molecular weight is 274 g/mol. The molecule has 112 valence electrons. The van der Waals surface area contributed by atoms with E-state index in [-0.39, 0.29) is 6.42 Å². The van der Waals surface area contributed by atoms with Gasteiger partial charge in [-0.1, -0.05) is 58.3 Å². The monoisotopic (exact) mass is 274 g/mol. The Kier molecular flexibility index (Phi) is 9.21. The number of aliphatic hydroxyl groups is 1. The largest absolute Gasteiger partial charge is 0.479 e. The van der Waals surface area contributed by atoms with Crippen LogP contribution in [-0.2, 0) is 9.59 Å². The lowest BCUT2D eigenvalue weighted by Crippen LogP contribution is -2.46. The van der Waals surface area contributed by atoms with Crippen molar-refractivity contribution in [1.29, 1.82) is 0 Å². The predicted octanol–water partition coefficient (Wildman–Crippen LogP) is 2.81. The van der Waals surface area contributed by atoms with Gasteiger partial charge in [0.1, 0.15) is 0 Å². The lowest BCUT2D eigenvalue weighted by atomic mass is 9.96. The number of aliphatic carboxylic acids is 2. The van der Waals surface area contributed by atoms with Gasteiger partial charge in [0.2, 0.25) is 0 Å². The van der Waals surface area contributed by atoms with Crippen LogP contribution in [-0.4, -0.2) is 32.9 Å². The summed E-state index contributed by atoms with van der Waals surface area (Å²) in [5.74, 6) is -3.36. The molecule has 0 aliphatic carbocycles. The summed E-state index contributed by atoms with van der Waals surface area (Å²) in [5, 5.41) is 26.9. The van der Waals surface area contributed by atoms with Crippen LogP contribution in [0.2, 0.25) is 0 Å². The number of unbranched alkanes of at least 4 members (excludes halogenated alkanes) is 8. The van der Waals surface area contributed by atoms with E-state index in [9.17, 15) is 14.7 Å². The van der Waals surface area contributed by atoms with Gasteiger partial charge >= 0.3 is 11.9 Å². The van der Waals surface area contributed by atoms with Crippen molar-refractivity contribution >= 4 is 11.9 Å². The highest BCUT2D eigenvalue weighted by atomic mass is 16.4. The minimum Gasteiger partial charge on any atom is -0.479 e. The van der Waals surface area contributed by atoms with Crippen molar-refractivity contribution in [2.24, 2.45) is 0 Å². The molecular formula is C14H26O5. The number of rotatable bonds is 12. The summed E-state index contributed by atoms with van der Waals surface area (Å²) in [5.41, 5.74) is -2.62. The highest BCUT2D eigenvalue weighted by Crippen LogP contribution is 2.17. The smallest absolute Gasteiger partial charge is 0.347 e. The van der Waals surface area contributed by atoms with Gasteiger partial charge in [-0.2, -0.15) is 0 Å². The van der Waals surface area contributed by atoms with Crippen LogP contribution in [0.1, 0.15) is 71.1 Å². The molecule has 0 rings (SSSR count). The Hall–Kier alpha value is -1.10. The van der Waals surface area contributed by atoms with Crippen molar-refractivity contribution in [3.8, 4) is 0 Å². The van der Waals surface area contributed by atoms with Crippen LogP contribution in [0.5, 0.6) is 0 Å². The van der Waals surface area contributed by atoms with E-state index in [1.807, 2.05) is 0 Å². The fourth-order valence-corrected chi connectivity index (χ4v) is 2.00. The first kappa shape index (κ1) is 17.9. The molecule has 0 aromatic rings. The minimum atomic E-state index is -2.62. The molecule has 0 spiro atoms. The van der Waals surface area contributed by atoms with Crippen molar-refractivity contribution in [3.05, 3.63) is 0 Å². The van der Waals surface area contributed by atoms with Gasteiger partial charge in [-0.15, -0.1) is 0 Å². The normalized spacial score (nSPS) is 11.5. The molecule has 19 heavy (non-hydrogen) atoms. The molecule has 0 heterocycles. The van der Waals surface area contributed by atoms with Crippen LogP contribution in [0, 0.1) is 0 Å². The zero-order valence-corrected chi connectivity index (χ0v) is 11.7. The van der Waals surface area contributed by atoms with E-state index in [0.717, 1.165) is 19.3 Å². The van der Waals surface area contributed by atoms with Gasteiger partial charge in [0, 0.05) is 0 Å². The maximum atomic E-state index is 10.7. The molecular weight excluding hydrogens is 248 g/mol. The number of hydrogen-bond donors (Lipinski definition) is 3. The van der Waals surface area contributed by atoms with Gasteiger partial charge in [0.05, 0.1) is 0 Å². The van der Waals surface area contributed by atoms with Gasteiger partial charge in [-0.25, -0.2) is 9.59 Å². The summed E-state index contributed by atoms with van der Waals surface area (Å²) in [7, 11) is 0. The first-order valence-corrected chi connectivity index (χ1v) is 7.14. The van der Waals surface area contributed by atoms with Crippen LogP contribution in [0.25, 0.3) is 0 Å². The number of hydrogen-bond acceptors (Lipinski definition) is 3. The Balaban J connectivity index is 3.62. The van der Waals surface area contributed by atoms with Crippen LogP contribution in [0.4, 0.5) is 0 Å². The van der Waals surface area contributed by atoms with Gasteiger partial charge in [-0.05, 0) is 12.8 Å². The highest BCUT2D eigenvalue weighted by molar-refractivity contribution is 6.01. The molecule has 3 N–H and O–H groups in total. The average Bonchev–Trinajstić information content (AvgIpc) is 2.36. The van der Waals surface area contributed by atoms with Crippen LogP contribution >= 0.6 is 0 Å². The second-order valence-corrected chi connectivity index (χ2v) is 5.05. The van der Waals surface area contributed by atoms with Crippen molar-refractivity contribution in [1.82, 2.24) is 0 Å². The van der Waals surface area contributed by atoms with Crippen molar-refractivity contribution in [3.63, 3.8) is 0 Å². The lowest BCUT2D eigenvalue weighted by Gasteiger charge is -2.17. The first-order chi connectivity index (χ1) is 8.95. The van der Waals surface area contributed by atoms with Crippen molar-refractivity contribution < 1.29 is 24.9 Å². The first-order valence-electron chi connectivity index (χ1n) is 7.14. The minimum absolute atomic E-state index is 0.229.